The molecular formula is C25H31NO5. The quantitative estimate of drug-likeness (QED) is 0.598. The zero-order valence-electron chi connectivity index (χ0n) is 17.9. The van der Waals surface area contributed by atoms with Gasteiger partial charge in [0.1, 0.15) is 11.5 Å². The normalized spacial score (nSPS) is 22.9. The van der Waals surface area contributed by atoms with Crippen LogP contribution in [0.1, 0.15) is 36.0 Å². The molecule has 0 radical (unpaired) electrons. The van der Waals surface area contributed by atoms with Gasteiger partial charge in [-0.1, -0.05) is 24.3 Å². The fourth-order valence-corrected chi connectivity index (χ4v) is 4.06. The first-order chi connectivity index (χ1) is 15.1. The molecule has 0 amide bonds. The Balaban J connectivity index is 1.30. The van der Waals surface area contributed by atoms with Gasteiger partial charge in [-0.25, -0.2) is 0 Å². The van der Waals surface area contributed by atoms with E-state index >= 15 is 0 Å². The molecule has 6 heteroatoms. The summed E-state index contributed by atoms with van der Waals surface area (Å²) < 4.78 is 17.3. The lowest BCUT2D eigenvalue weighted by Crippen LogP contribution is -2.40. The molecule has 166 valence electrons. The molecule has 3 atom stereocenters. The lowest BCUT2D eigenvalue weighted by Gasteiger charge is -2.32. The molecule has 2 heterocycles. The van der Waals surface area contributed by atoms with E-state index in [1.165, 1.54) is 11.1 Å². The van der Waals surface area contributed by atoms with Gasteiger partial charge in [0.15, 0.2) is 0 Å². The predicted molar refractivity (Wildman–Crippen MR) is 120 cm³/mol. The standard InChI is InChI=1S/C25H31NO5/c1-17-22(6-4-7-23(17)31-25-15-20(28)14-21(16-27)30-25)26-11-3-2-5-18-8-9-24-19(13-18)10-12-29-24/h3-4,6-9,11,13,20-21,25-28H,2,5,10,12,14-16H2,1H3/b11-3+/t20?,21?,25-/m0/s1. The number of hydrogen-bond donors (Lipinski definition) is 3. The third-order valence-electron chi connectivity index (χ3n) is 5.80. The van der Waals surface area contributed by atoms with Crippen LogP contribution in [0, 0.1) is 6.92 Å². The molecule has 0 aromatic heterocycles. The van der Waals surface area contributed by atoms with E-state index in [2.05, 4.69) is 29.6 Å². The van der Waals surface area contributed by atoms with Crippen molar-refractivity contribution in [1.29, 1.82) is 0 Å². The minimum atomic E-state index is -0.567. The zero-order chi connectivity index (χ0) is 21.6. The van der Waals surface area contributed by atoms with Gasteiger partial charge in [0, 0.05) is 30.5 Å². The number of hydrogen-bond acceptors (Lipinski definition) is 6. The predicted octanol–water partition coefficient (Wildman–Crippen LogP) is 3.73. The van der Waals surface area contributed by atoms with Gasteiger partial charge in [-0.2, -0.15) is 0 Å². The van der Waals surface area contributed by atoms with Crippen LogP contribution in [0.5, 0.6) is 11.5 Å². The van der Waals surface area contributed by atoms with Gasteiger partial charge in [-0.15, -0.1) is 0 Å². The molecule has 0 bridgehead atoms. The number of fused-ring (bicyclic) bond motifs is 1. The van der Waals surface area contributed by atoms with Crippen LogP contribution in [0.15, 0.2) is 48.7 Å². The van der Waals surface area contributed by atoms with Gasteiger partial charge < -0.3 is 29.7 Å². The Bertz CT molecular complexity index is 913. The summed E-state index contributed by atoms with van der Waals surface area (Å²) in [5.41, 5.74) is 4.57. The molecule has 2 aliphatic heterocycles. The summed E-state index contributed by atoms with van der Waals surface area (Å²) in [5.74, 6) is 1.73. The molecule has 1 fully saturated rings. The summed E-state index contributed by atoms with van der Waals surface area (Å²) in [4.78, 5) is 0. The zero-order valence-corrected chi connectivity index (χ0v) is 17.9. The van der Waals surface area contributed by atoms with Crippen molar-refractivity contribution in [2.45, 2.75) is 57.5 Å². The van der Waals surface area contributed by atoms with E-state index < -0.39 is 18.5 Å². The first-order valence-electron chi connectivity index (χ1n) is 11.0. The van der Waals surface area contributed by atoms with Crippen molar-refractivity contribution in [3.63, 3.8) is 0 Å². The summed E-state index contributed by atoms with van der Waals surface area (Å²) >= 11 is 0. The highest BCUT2D eigenvalue weighted by atomic mass is 16.7. The maximum Gasteiger partial charge on any atom is 0.202 e. The Morgan fingerprint density at radius 3 is 3.00 bits per heavy atom. The molecule has 4 rings (SSSR count). The topological polar surface area (TPSA) is 80.2 Å². The van der Waals surface area contributed by atoms with Crippen LogP contribution in [-0.4, -0.2) is 41.9 Å². The molecule has 2 unspecified atom stereocenters. The molecule has 2 aromatic carbocycles. The molecule has 1 saturated heterocycles. The summed E-state index contributed by atoms with van der Waals surface area (Å²) in [6, 6.07) is 12.3. The molecule has 3 N–H and O–H groups in total. The Labute approximate surface area is 183 Å². The van der Waals surface area contributed by atoms with Crippen molar-refractivity contribution in [3.05, 3.63) is 65.4 Å². The molecular weight excluding hydrogens is 394 g/mol. The number of nitrogens with one attached hydrogen (secondary N) is 1. The lowest BCUT2D eigenvalue weighted by molar-refractivity contribution is -0.184. The smallest absolute Gasteiger partial charge is 0.202 e. The molecule has 0 spiro atoms. The first-order valence-corrected chi connectivity index (χ1v) is 11.0. The van der Waals surface area contributed by atoms with E-state index in [1.54, 1.807) is 0 Å². The third kappa shape index (κ3) is 5.58. The summed E-state index contributed by atoms with van der Waals surface area (Å²) in [6.45, 7) is 2.66. The van der Waals surface area contributed by atoms with Gasteiger partial charge >= 0.3 is 0 Å². The Kier molecular flexibility index (Phi) is 7.12. The highest BCUT2D eigenvalue weighted by Gasteiger charge is 2.29. The molecule has 2 aliphatic rings. The fourth-order valence-electron chi connectivity index (χ4n) is 4.06. The maximum absolute atomic E-state index is 9.98. The van der Waals surface area contributed by atoms with Crippen LogP contribution >= 0.6 is 0 Å². The van der Waals surface area contributed by atoms with Crippen LogP contribution in [0.3, 0.4) is 0 Å². The highest BCUT2D eigenvalue weighted by Crippen LogP contribution is 2.30. The number of aryl methyl sites for hydroxylation is 1. The number of aliphatic hydroxyl groups excluding tert-OH is 2. The third-order valence-corrected chi connectivity index (χ3v) is 5.80. The highest BCUT2D eigenvalue weighted by molar-refractivity contribution is 5.58. The van der Waals surface area contributed by atoms with Gasteiger partial charge in [-0.05, 0) is 55.3 Å². The van der Waals surface area contributed by atoms with E-state index in [0.717, 1.165) is 42.9 Å². The van der Waals surface area contributed by atoms with Crippen molar-refractivity contribution in [3.8, 4) is 11.5 Å². The molecule has 31 heavy (non-hydrogen) atoms. The van der Waals surface area contributed by atoms with Crippen LogP contribution in [0.4, 0.5) is 5.69 Å². The molecule has 6 nitrogen and oxygen atoms in total. The van der Waals surface area contributed by atoms with Crippen molar-refractivity contribution < 1.29 is 24.4 Å². The molecule has 0 aliphatic carbocycles. The fraction of sp³-hybridized carbons (Fsp3) is 0.440. The van der Waals surface area contributed by atoms with Gasteiger partial charge in [0.25, 0.3) is 0 Å². The number of anilines is 1. The van der Waals surface area contributed by atoms with Crippen molar-refractivity contribution in [2.75, 3.05) is 18.5 Å². The number of allylic oxidation sites excluding steroid dienone is 1. The van der Waals surface area contributed by atoms with Gasteiger partial charge in [0.05, 0.1) is 25.4 Å². The monoisotopic (exact) mass is 425 g/mol. The van der Waals surface area contributed by atoms with Crippen molar-refractivity contribution >= 4 is 5.69 Å². The average Bonchev–Trinajstić information content (AvgIpc) is 3.23. The first kappa shape index (κ1) is 21.7. The number of benzene rings is 2. The molecule has 0 saturated carbocycles. The van der Waals surface area contributed by atoms with E-state index in [9.17, 15) is 10.2 Å². The maximum atomic E-state index is 9.98. The largest absolute Gasteiger partial charge is 0.493 e. The second-order valence-corrected chi connectivity index (χ2v) is 8.17. The van der Waals surface area contributed by atoms with Crippen LogP contribution in [0.2, 0.25) is 0 Å². The van der Waals surface area contributed by atoms with E-state index in [0.29, 0.717) is 18.6 Å². The second-order valence-electron chi connectivity index (χ2n) is 8.17. The Hall–Kier alpha value is -2.54. The number of rotatable bonds is 8. The van der Waals surface area contributed by atoms with Crippen LogP contribution in [0.25, 0.3) is 0 Å². The lowest BCUT2D eigenvalue weighted by atomic mass is 10.0. The Morgan fingerprint density at radius 2 is 2.13 bits per heavy atom. The van der Waals surface area contributed by atoms with E-state index in [1.807, 2.05) is 31.3 Å². The average molecular weight is 426 g/mol. The Morgan fingerprint density at radius 1 is 1.23 bits per heavy atom. The van der Waals surface area contributed by atoms with E-state index in [4.69, 9.17) is 14.2 Å². The second kappa shape index (κ2) is 10.2. The summed E-state index contributed by atoms with van der Waals surface area (Å²) in [7, 11) is 0. The van der Waals surface area contributed by atoms with Gasteiger partial charge in [-0.3, -0.25) is 0 Å². The van der Waals surface area contributed by atoms with Gasteiger partial charge in [0.2, 0.25) is 6.29 Å². The van der Waals surface area contributed by atoms with Crippen LogP contribution < -0.4 is 14.8 Å². The summed E-state index contributed by atoms with van der Waals surface area (Å²) in [5, 5.41) is 22.6. The van der Waals surface area contributed by atoms with Crippen molar-refractivity contribution in [2.24, 2.45) is 0 Å². The number of ether oxygens (including phenoxy) is 3. The van der Waals surface area contributed by atoms with Crippen LogP contribution in [-0.2, 0) is 17.6 Å². The number of aliphatic hydroxyl groups is 2. The van der Waals surface area contributed by atoms with E-state index in [-0.39, 0.29) is 6.61 Å². The minimum absolute atomic E-state index is 0.123. The SMILES string of the molecule is Cc1c(N/C=C/CCc2ccc3c(c2)CCO3)cccc1O[C@H]1CC(O)CC(CO)O1. The van der Waals surface area contributed by atoms with Crippen molar-refractivity contribution in [1.82, 2.24) is 0 Å². The minimum Gasteiger partial charge on any atom is -0.493 e. The molecule has 2 aromatic rings. The summed E-state index contributed by atoms with van der Waals surface area (Å²) in [6.07, 6.45) is 6.36.